The van der Waals surface area contributed by atoms with Gasteiger partial charge in [0.2, 0.25) is 0 Å². The molecule has 2 N–H and O–H groups in total. The van der Waals surface area contributed by atoms with Gasteiger partial charge in [-0.1, -0.05) is 30.9 Å². The van der Waals surface area contributed by atoms with Crippen molar-refractivity contribution in [1.82, 2.24) is 10.3 Å². The first-order valence-electron chi connectivity index (χ1n) is 12.6. The van der Waals surface area contributed by atoms with Crippen LogP contribution in [0.25, 0.3) is 10.9 Å². The molecule has 37 heavy (non-hydrogen) atoms. The highest BCUT2D eigenvalue weighted by Crippen LogP contribution is 2.49. The van der Waals surface area contributed by atoms with Gasteiger partial charge in [-0.2, -0.15) is 0 Å². The molecule has 2 saturated heterocycles. The van der Waals surface area contributed by atoms with Crippen molar-refractivity contribution in [2.24, 2.45) is 5.92 Å². The van der Waals surface area contributed by atoms with E-state index in [2.05, 4.69) is 23.0 Å². The van der Waals surface area contributed by atoms with Crippen LogP contribution < -0.4 is 5.32 Å². The third-order valence-electron chi connectivity index (χ3n) is 7.70. The van der Waals surface area contributed by atoms with Crippen LogP contribution in [0, 0.1) is 5.92 Å². The van der Waals surface area contributed by atoms with Gasteiger partial charge in [-0.3, -0.25) is 0 Å². The maximum atomic E-state index is 12.7. The number of carbonyl (C=O) groups excluding carboxylic acids is 3. The molecule has 0 unspecified atom stereocenters. The first kappa shape index (κ1) is 25.1. The van der Waals surface area contributed by atoms with Gasteiger partial charge in [-0.05, 0) is 49.8 Å². The Hall–Kier alpha value is -3.59. The molecule has 2 aromatic rings. The number of aromatic amines is 1. The first-order chi connectivity index (χ1) is 17.8. The van der Waals surface area contributed by atoms with E-state index in [1.165, 1.54) is 7.11 Å². The summed E-state index contributed by atoms with van der Waals surface area (Å²) in [6, 6.07) is 6.85. The molecule has 1 aliphatic carbocycles. The van der Waals surface area contributed by atoms with E-state index in [9.17, 15) is 14.4 Å². The molecule has 1 aromatic carbocycles. The molecule has 0 radical (unpaired) electrons. The molecule has 1 aromatic heterocycles. The fraction of sp³-hybridized carbons (Fsp3) is 0.464. The molecule has 5 rings (SSSR count). The number of benzene rings is 1. The van der Waals surface area contributed by atoms with Crippen LogP contribution in [-0.2, 0) is 35.0 Å². The van der Waals surface area contributed by atoms with Gasteiger partial charge in [0.05, 0.1) is 12.7 Å². The summed E-state index contributed by atoms with van der Waals surface area (Å²) < 4.78 is 22.0. The summed E-state index contributed by atoms with van der Waals surface area (Å²) in [6.45, 7) is 6.04. The maximum Gasteiger partial charge on any atom is 0.408 e. The van der Waals surface area contributed by atoms with Crippen molar-refractivity contribution in [3.63, 3.8) is 0 Å². The third kappa shape index (κ3) is 5.13. The van der Waals surface area contributed by atoms with Crippen LogP contribution in [0.2, 0.25) is 0 Å². The second kappa shape index (κ2) is 10.0. The number of rotatable bonds is 6. The van der Waals surface area contributed by atoms with Crippen LogP contribution in [0.3, 0.4) is 0 Å². The zero-order valence-corrected chi connectivity index (χ0v) is 21.1. The number of H-pyrrole nitrogens is 1. The van der Waals surface area contributed by atoms with Gasteiger partial charge in [-0.15, -0.1) is 0 Å². The summed E-state index contributed by atoms with van der Waals surface area (Å²) in [7, 11) is 1.29. The first-order valence-corrected chi connectivity index (χ1v) is 12.6. The van der Waals surface area contributed by atoms with E-state index >= 15 is 0 Å². The molecular weight excluding hydrogens is 476 g/mol. The predicted octanol–water partition coefficient (Wildman–Crippen LogP) is 3.73. The van der Waals surface area contributed by atoms with Crippen LogP contribution in [0.4, 0.5) is 4.79 Å². The molecule has 5 atom stereocenters. The minimum atomic E-state index is -0.899. The summed E-state index contributed by atoms with van der Waals surface area (Å²) in [5.74, 6) is -1.05. The monoisotopic (exact) mass is 508 g/mol. The Morgan fingerprint density at radius 2 is 2.14 bits per heavy atom. The Kier molecular flexibility index (Phi) is 6.81. The quantitative estimate of drug-likeness (QED) is 0.201. The molecule has 196 valence electrons. The number of carbonyl (C=O) groups is 3. The van der Waals surface area contributed by atoms with Crippen molar-refractivity contribution in [3.05, 3.63) is 59.8 Å². The molecule has 3 heterocycles. The fourth-order valence-electron chi connectivity index (χ4n) is 5.45. The second-order valence-electron chi connectivity index (χ2n) is 10.2. The topological polar surface area (TPSA) is 119 Å². The third-order valence-corrected chi connectivity index (χ3v) is 7.70. The van der Waals surface area contributed by atoms with E-state index in [0.29, 0.717) is 18.4 Å². The van der Waals surface area contributed by atoms with Gasteiger partial charge >= 0.3 is 18.0 Å². The summed E-state index contributed by atoms with van der Waals surface area (Å²) in [4.78, 5) is 40.5. The van der Waals surface area contributed by atoms with E-state index in [-0.39, 0.29) is 42.7 Å². The van der Waals surface area contributed by atoms with E-state index in [1.807, 2.05) is 37.4 Å². The van der Waals surface area contributed by atoms with Crippen LogP contribution in [0.1, 0.15) is 38.2 Å². The van der Waals surface area contributed by atoms with E-state index in [4.69, 9.17) is 18.9 Å². The lowest BCUT2D eigenvalue weighted by molar-refractivity contribution is -0.143. The Morgan fingerprint density at radius 1 is 1.32 bits per heavy atom. The molecule has 1 amide bonds. The van der Waals surface area contributed by atoms with Crippen LogP contribution in [-0.4, -0.2) is 60.6 Å². The Labute approximate surface area is 215 Å². The summed E-state index contributed by atoms with van der Waals surface area (Å²) in [5, 5.41) is 3.63. The lowest BCUT2D eigenvalue weighted by Crippen LogP contribution is -2.43. The molecule has 9 nitrogen and oxygen atoms in total. The zero-order valence-electron chi connectivity index (χ0n) is 21.1. The number of fused-ring (bicyclic) bond motifs is 4. The van der Waals surface area contributed by atoms with Crippen LogP contribution >= 0.6 is 0 Å². The number of epoxide rings is 1. The number of ether oxygens (including phenoxy) is 4. The second-order valence-corrected chi connectivity index (χ2v) is 10.2. The number of aromatic nitrogens is 1. The number of esters is 2. The van der Waals surface area contributed by atoms with Crippen molar-refractivity contribution in [1.29, 1.82) is 0 Å². The smallest absolute Gasteiger partial charge is 0.408 e. The maximum absolute atomic E-state index is 12.7. The van der Waals surface area contributed by atoms with Crippen molar-refractivity contribution in [2.45, 2.75) is 62.9 Å². The van der Waals surface area contributed by atoms with Gasteiger partial charge in [0.15, 0.2) is 0 Å². The van der Waals surface area contributed by atoms with Gasteiger partial charge in [-0.25, -0.2) is 14.4 Å². The minimum absolute atomic E-state index is 0.0759. The average Bonchev–Trinajstić information content (AvgIpc) is 3.25. The molecular formula is C28H32N2O7. The summed E-state index contributed by atoms with van der Waals surface area (Å²) in [5.41, 5.74) is 2.91. The number of para-hydroxylation sites is 1. The molecule has 0 spiro atoms. The van der Waals surface area contributed by atoms with E-state index in [1.54, 1.807) is 0 Å². The zero-order chi connectivity index (χ0) is 26.2. The van der Waals surface area contributed by atoms with Gasteiger partial charge in [0.25, 0.3) is 0 Å². The molecule has 0 saturated carbocycles. The predicted molar refractivity (Wildman–Crippen MR) is 135 cm³/mol. The minimum Gasteiger partial charge on any atom is -0.467 e. The number of hydrogen-bond donors (Lipinski definition) is 2. The molecule has 2 aliphatic heterocycles. The average molecular weight is 509 g/mol. The Balaban J connectivity index is 1.21. The van der Waals surface area contributed by atoms with Crippen molar-refractivity contribution < 1.29 is 33.3 Å². The largest absolute Gasteiger partial charge is 0.467 e. The number of allylic oxidation sites excluding steroid dienone is 1. The molecule has 2 fully saturated rings. The fourth-order valence-corrected chi connectivity index (χ4v) is 5.45. The SMILES string of the molecule is C=C1C(=O)O[C@H]2[C@H]1CC/C(COC(=O)N[C@H](Cc1c[nH]c3ccccc13)C(=O)OC)=C\CC[C@@]1(C)O[C@@H]21. The van der Waals surface area contributed by atoms with Crippen molar-refractivity contribution in [3.8, 4) is 0 Å². The highest BCUT2D eigenvalue weighted by Gasteiger charge is 2.61. The molecule has 3 aliphatic rings. The summed E-state index contributed by atoms with van der Waals surface area (Å²) >= 11 is 0. The Bertz CT molecular complexity index is 1260. The van der Waals surface area contributed by atoms with Gasteiger partial charge in [0.1, 0.15) is 24.9 Å². The van der Waals surface area contributed by atoms with E-state index in [0.717, 1.165) is 34.9 Å². The lowest BCUT2D eigenvalue weighted by Gasteiger charge is -2.20. The highest BCUT2D eigenvalue weighted by atomic mass is 16.6. The van der Waals surface area contributed by atoms with Gasteiger partial charge in [0, 0.05) is 35.0 Å². The number of hydrogen-bond acceptors (Lipinski definition) is 7. The van der Waals surface area contributed by atoms with E-state index < -0.39 is 18.1 Å². The molecule has 0 bridgehead atoms. The number of amides is 1. The normalized spacial score (nSPS) is 29.2. The van der Waals surface area contributed by atoms with Gasteiger partial charge < -0.3 is 29.2 Å². The summed E-state index contributed by atoms with van der Waals surface area (Å²) in [6.07, 6.45) is 5.83. The van der Waals surface area contributed by atoms with Crippen LogP contribution in [0.15, 0.2) is 54.3 Å². The van der Waals surface area contributed by atoms with Crippen LogP contribution in [0.5, 0.6) is 0 Å². The number of alkyl carbamates (subject to hydrolysis) is 1. The molecule has 9 heteroatoms. The highest BCUT2D eigenvalue weighted by molar-refractivity contribution is 5.91. The number of methoxy groups -OCH3 is 1. The standard InChI is InChI=1S/C28H32N2O7/c1-16-19-11-10-17(7-6-12-28(2)24(37-28)23(19)36-25(16)31)15-35-27(33)30-22(26(32)34-3)13-18-14-29-21-9-5-4-8-20(18)21/h4-5,7-9,14,19,22-24,29H,1,6,10-13,15H2,2-3H3,(H,30,33)/b17-7+/t19-,22+,23-,24-,28+/m0/s1. The lowest BCUT2D eigenvalue weighted by atomic mass is 9.84. The number of nitrogens with one attached hydrogen (secondary N) is 2. The van der Waals surface area contributed by atoms with Crippen molar-refractivity contribution >= 4 is 28.9 Å². The van der Waals surface area contributed by atoms with Crippen molar-refractivity contribution in [2.75, 3.05) is 13.7 Å². The Morgan fingerprint density at radius 3 is 2.95 bits per heavy atom.